The molecule has 0 radical (unpaired) electrons. The lowest BCUT2D eigenvalue weighted by Crippen LogP contribution is -2.53. The minimum Gasteiger partial charge on any atom is -0.480 e. The second kappa shape index (κ2) is 10.9. The smallest absolute Gasteiger partial charge is 0.329 e. The minimum atomic E-state index is -1.30. The molecule has 0 aromatic rings. The van der Waals surface area contributed by atoms with E-state index in [1.54, 1.807) is 41.5 Å². The van der Waals surface area contributed by atoms with E-state index in [9.17, 15) is 29.4 Å². The number of rotatable bonds is 10. The van der Waals surface area contributed by atoms with Gasteiger partial charge in [0.05, 0.1) is 0 Å². The summed E-state index contributed by atoms with van der Waals surface area (Å²) in [6.07, 6.45) is -2.52. The first-order chi connectivity index (χ1) is 12.3. The summed E-state index contributed by atoms with van der Waals surface area (Å²) < 4.78 is 5.30. The normalized spacial score (nSPS) is 15.8. The maximum atomic E-state index is 12.5. The van der Waals surface area contributed by atoms with Gasteiger partial charge in [-0.3, -0.25) is 9.59 Å². The molecule has 9 heteroatoms. The van der Waals surface area contributed by atoms with Crippen LogP contribution in [0, 0.1) is 17.8 Å². The summed E-state index contributed by atoms with van der Waals surface area (Å²) in [5.74, 6) is -4.59. The molecular formula is C18H32N2O7. The summed E-state index contributed by atoms with van der Waals surface area (Å²) in [7, 11) is 0. The molecule has 0 heterocycles. The minimum absolute atomic E-state index is 0.349. The third kappa shape index (κ3) is 7.94. The Labute approximate surface area is 159 Å². The Bertz CT molecular complexity index is 544. The van der Waals surface area contributed by atoms with Gasteiger partial charge in [-0.1, -0.05) is 41.5 Å². The molecule has 0 aromatic heterocycles. The zero-order valence-corrected chi connectivity index (χ0v) is 17.0. The third-order valence-electron chi connectivity index (χ3n) is 3.94. The highest BCUT2D eigenvalue weighted by Crippen LogP contribution is 2.13. The van der Waals surface area contributed by atoms with Crippen LogP contribution in [0.5, 0.6) is 0 Å². The molecule has 0 saturated heterocycles. The predicted molar refractivity (Wildman–Crippen MR) is 97.6 cm³/mol. The van der Waals surface area contributed by atoms with Crippen LogP contribution in [-0.4, -0.2) is 58.3 Å². The van der Waals surface area contributed by atoms with Gasteiger partial charge in [-0.15, -0.1) is 0 Å². The Balaban J connectivity index is 5.30. The van der Waals surface area contributed by atoms with Gasteiger partial charge in [-0.05, 0) is 24.7 Å². The van der Waals surface area contributed by atoms with Gasteiger partial charge in [0, 0.05) is 0 Å². The molecule has 2 amide bonds. The fourth-order valence-corrected chi connectivity index (χ4v) is 2.21. The van der Waals surface area contributed by atoms with Gasteiger partial charge in [0.25, 0.3) is 5.91 Å². The van der Waals surface area contributed by atoms with Gasteiger partial charge in [0.2, 0.25) is 5.91 Å². The fourth-order valence-electron chi connectivity index (χ4n) is 2.21. The molecule has 9 nitrogen and oxygen atoms in total. The van der Waals surface area contributed by atoms with Crippen LogP contribution in [0.1, 0.15) is 48.5 Å². The van der Waals surface area contributed by atoms with Gasteiger partial charge < -0.3 is 25.6 Å². The van der Waals surface area contributed by atoms with Crippen molar-refractivity contribution in [1.29, 1.82) is 0 Å². The van der Waals surface area contributed by atoms with Crippen LogP contribution in [-0.2, 0) is 23.9 Å². The van der Waals surface area contributed by atoms with Gasteiger partial charge in [-0.25, -0.2) is 9.59 Å². The lowest BCUT2D eigenvalue weighted by molar-refractivity contribution is -0.163. The predicted octanol–water partition coefficient (Wildman–Crippen LogP) is 0.301. The quantitative estimate of drug-likeness (QED) is 0.394. The number of amides is 2. The lowest BCUT2D eigenvalue weighted by Gasteiger charge is -2.27. The van der Waals surface area contributed by atoms with Crippen molar-refractivity contribution < 1.29 is 34.1 Å². The fraction of sp³-hybridized carbons (Fsp3) is 0.778. The number of carboxylic acids is 1. The number of nitrogens with one attached hydrogen (secondary N) is 2. The van der Waals surface area contributed by atoms with Crippen LogP contribution < -0.4 is 10.6 Å². The molecule has 4 atom stereocenters. The SMILES string of the molecule is CC(O)C(=O)NC(C(=O)OC(C(=O)NC(C(=O)O)C(C)C)C(C)C)C(C)C. The summed E-state index contributed by atoms with van der Waals surface area (Å²) in [6.45, 7) is 11.2. The second-order valence-corrected chi connectivity index (χ2v) is 7.58. The van der Waals surface area contributed by atoms with E-state index in [1.165, 1.54) is 6.92 Å². The molecule has 4 N–H and O–H groups in total. The number of hydrogen-bond acceptors (Lipinski definition) is 6. The first-order valence-electron chi connectivity index (χ1n) is 9.01. The van der Waals surface area contributed by atoms with Crippen molar-refractivity contribution >= 4 is 23.8 Å². The molecule has 0 rings (SSSR count). The Hall–Kier alpha value is -2.16. The largest absolute Gasteiger partial charge is 0.480 e. The topological polar surface area (TPSA) is 142 Å². The number of aliphatic carboxylic acids is 1. The van der Waals surface area contributed by atoms with Crippen LogP contribution in [0.25, 0.3) is 0 Å². The highest BCUT2D eigenvalue weighted by Gasteiger charge is 2.35. The zero-order valence-electron chi connectivity index (χ0n) is 17.0. The molecular weight excluding hydrogens is 356 g/mol. The third-order valence-corrected chi connectivity index (χ3v) is 3.94. The van der Waals surface area contributed by atoms with Gasteiger partial charge in [-0.2, -0.15) is 0 Å². The van der Waals surface area contributed by atoms with Crippen LogP contribution in [0.2, 0.25) is 0 Å². The number of aliphatic hydroxyl groups is 1. The average molecular weight is 388 g/mol. The van der Waals surface area contributed by atoms with Crippen LogP contribution in [0.3, 0.4) is 0 Å². The summed E-state index contributed by atoms with van der Waals surface area (Å²) in [5, 5.41) is 23.3. The number of carbonyl (C=O) groups is 4. The number of aliphatic hydroxyl groups excluding tert-OH is 1. The van der Waals surface area contributed by atoms with Crippen LogP contribution in [0.15, 0.2) is 0 Å². The molecule has 156 valence electrons. The van der Waals surface area contributed by atoms with Gasteiger partial charge in [0.1, 0.15) is 18.2 Å². The molecule has 0 bridgehead atoms. The number of hydrogen-bond donors (Lipinski definition) is 4. The molecule has 0 spiro atoms. The summed E-state index contributed by atoms with van der Waals surface area (Å²) >= 11 is 0. The van der Waals surface area contributed by atoms with Crippen molar-refractivity contribution in [2.75, 3.05) is 0 Å². The van der Waals surface area contributed by atoms with E-state index in [-0.39, 0.29) is 11.8 Å². The van der Waals surface area contributed by atoms with E-state index in [4.69, 9.17) is 4.74 Å². The van der Waals surface area contributed by atoms with E-state index >= 15 is 0 Å². The highest BCUT2D eigenvalue weighted by atomic mass is 16.6. The summed E-state index contributed by atoms with van der Waals surface area (Å²) in [6, 6.07) is -2.17. The molecule has 0 aliphatic heterocycles. The maximum absolute atomic E-state index is 12.5. The van der Waals surface area contributed by atoms with E-state index in [2.05, 4.69) is 10.6 Å². The first-order valence-corrected chi connectivity index (χ1v) is 9.01. The zero-order chi connectivity index (χ0) is 21.5. The Morgan fingerprint density at radius 1 is 0.741 bits per heavy atom. The molecule has 4 unspecified atom stereocenters. The molecule has 27 heavy (non-hydrogen) atoms. The van der Waals surface area contributed by atoms with Crippen LogP contribution >= 0.6 is 0 Å². The number of carboxylic acid groups (broad SMARTS) is 1. The van der Waals surface area contributed by atoms with Crippen LogP contribution in [0.4, 0.5) is 0 Å². The Kier molecular flexibility index (Phi) is 9.99. The standard InChI is InChI=1S/C18H32N2O7/c1-8(2)12(17(24)25)19-16(23)14(10(5)6)27-18(26)13(9(3)4)20-15(22)11(7)21/h8-14,21H,1-7H3,(H,19,23)(H,20,22)(H,24,25). The van der Waals surface area contributed by atoms with Crippen molar-refractivity contribution in [3.05, 3.63) is 0 Å². The van der Waals surface area contributed by atoms with E-state index < -0.39 is 54.0 Å². The Morgan fingerprint density at radius 2 is 1.19 bits per heavy atom. The summed E-state index contributed by atoms with van der Waals surface area (Å²) in [5.41, 5.74) is 0. The lowest BCUT2D eigenvalue weighted by atomic mass is 10.0. The van der Waals surface area contributed by atoms with Crippen molar-refractivity contribution in [2.45, 2.75) is 72.8 Å². The van der Waals surface area contributed by atoms with Crippen molar-refractivity contribution in [2.24, 2.45) is 17.8 Å². The first kappa shape index (κ1) is 24.8. The molecule has 0 saturated carbocycles. The molecule has 0 fully saturated rings. The average Bonchev–Trinajstić information content (AvgIpc) is 2.52. The maximum Gasteiger partial charge on any atom is 0.329 e. The van der Waals surface area contributed by atoms with E-state index in [0.717, 1.165) is 0 Å². The van der Waals surface area contributed by atoms with Crippen molar-refractivity contribution in [3.8, 4) is 0 Å². The monoisotopic (exact) mass is 388 g/mol. The molecule has 0 aliphatic carbocycles. The van der Waals surface area contributed by atoms with Gasteiger partial charge >= 0.3 is 11.9 Å². The number of esters is 1. The summed E-state index contributed by atoms with van der Waals surface area (Å²) in [4.78, 5) is 48.0. The van der Waals surface area contributed by atoms with Crippen molar-refractivity contribution in [3.63, 3.8) is 0 Å². The highest BCUT2D eigenvalue weighted by molar-refractivity contribution is 5.90. The molecule has 0 aromatic carbocycles. The van der Waals surface area contributed by atoms with E-state index in [1.807, 2.05) is 0 Å². The Morgan fingerprint density at radius 3 is 1.52 bits per heavy atom. The van der Waals surface area contributed by atoms with Crippen molar-refractivity contribution in [1.82, 2.24) is 10.6 Å². The number of ether oxygens (including phenoxy) is 1. The second-order valence-electron chi connectivity index (χ2n) is 7.58. The molecule has 0 aliphatic rings. The van der Waals surface area contributed by atoms with Gasteiger partial charge in [0.15, 0.2) is 6.10 Å². The number of carbonyl (C=O) groups excluding carboxylic acids is 3. The van der Waals surface area contributed by atoms with E-state index in [0.29, 0.717) is 0 Å².